The van der Waals surface area contributed by atoms with E-state index in [-0.39, 0.29) is 17.8 Å². The van der Waals surface area contributed by atoms with E-state index >= 15 is 0 Å². The Balaban J connectivity index is 1.93. The van der Waals surface area contributed by atoms with Gasteiger partial charge in [-0.15, -0.1) is 0 Å². The van der Waals surface area contributed by atoms with Crippen LogP contribution in [0.15, 0.2) is 36.4 Å². The SMILES string of the molecule is Cc1ccc(NC(=O)CN[C@@H](C)c2ccc(F)cc2F)c(F)c1. The molecular formula is C17H17F3N2O. The summed E-state index contributed by atoms with van der Waals surface area (Å²) in [5, 5.41) is 5.25. The number of hydrogen-bond acceptors (Lipinski definition) is 2. The van der Waals surface area contributed by atoms with E-state index in [0.29, 0.717) is 0 Å². The molecule has 0 aliphatic rings. The predicted octanol–water partition coefficient (Wildman–Crippen LogP) is 3.70. The lowest BCUT2D eigenvalue weighted by molar-refractivity contribution is -0.115. The Morgan fingerprint density at radius 1 is 1.09 bits per heavy atom. The molecule has 0 bridgehead atoms. The summed E-state index contributed by atoms with van der Waals surface area (Å²) in [5.74, 6) is -2.32. The first-order valence-electron chi connectivity index (χ1n) is 7.11. The largest absolute Gasteiger partial charge is 0.322 e. The van der Waals surface area contributed by atoms with Crippen molar-refractivity contribution in [3.05, 3.63) is 65.0 Å². The molecule has 0 unspecified atom stereocenters. The van der Waals surface area contributed by atoms with E-state index in [4.69, 9.17) is 0 Å². The number of benzene rings is 2. The van der Waals surface area contributed by atoms with Gasteiger partial charge in [0.05, 0.1) is 12.2 Å². The molecule has 23 heavy (non-hydrogen) atoms. The molecule has 2 aromatic rings. The number of nitrogens with one attached hydrogen (secondary N) is 2. The van der Waals surface area contributed by atoms with E-state index in [1.165, 1.54) is 18.2 Å². The van der Waals surface area contributed by atoms with E-state index in [1.807, 2.05) is 0 Å². The molecule has 0 fully saturated rings. The second kappa shape index (κ2) is 7.28. The topological polar surface area (TPSA) is 41.1 Å². The summed E-state index contributed by atoms with van der Waals surface area (Å²) in [7, 11) is 0. The fraction of sp³-hybridized carbons (Fsp3) is 0.235. The normalized spacial score (nSPS) is 12.0. The fourth-order valence-corrected chi connectivity index (χ4v) is 2.12. The molecule has 0 aliphatic heterocycles. The van der Waals surface area contributed by atoms with Crippen molar-refractivity contribution in [1.29, 1.82) is 0 Å². The van der Waals surface area contributed by atoms with E-state index in [2.05, 4.69) is 10.6 Å². The quantitative estimate of drug-likeness (QED) is 0.881. The summed E-state index contributed by atoms with van der Waals surface area (Å²) >= 11 is 0. The van der Waals surface area contributed by atoms with Crippen molar-refractivity contribution in [2.45, 2.75) is 19.9 Å². The molecule has 0 radical (unpaired) electrons. The van der Waals surface area contributed by atoms with Gasteiger partial charge in [0.2, 0.25) is 5.91 Å². The minimum Gasteiger partial charge on any atom is -0.322 e. The Bertz CT molecular complexity index is 719. The van der Waals surface area contributed by atoms with Crippen LogP contribution in [0.5, 0.6) is 0 Å². The monoisotopic (exact) mass is 322 g/mol. The van der Waals surface area contributed by atoms with Crippen molar-refractivity contribution < 1.29 is 18.0 Å². The number of rotatable bonds is 5. The zero-order chi connectivity index (χ0) is 17.0. The maximum absolute atomic E-state index is 13.6. The van der Waals surface area contributed by atoms with Gasteiger partial charge in [-0.1, -0.05) is 12.1 Å². The first kappa shape index (κ1) is 17.0. The second-order valence-electron chi connectivity index (χ2n) is 5.30. The highest BCUT2D eigenvalue weighted by Gasteiger charge is 2.13. The van der Waals surface area contributed by atoms with Gasteiger partial charge in [0.1, 0.15) is 17.5 Å². The zero-order valence-electron chi connectivity index (χ0n) is 12.8. The fourth-order valence-electron chi connectivity index (χ4n) is 2.12. The van der Waals surface area contributed by atoms with Gasteiger partial charge in [-0.2, -0.15) is 0 Å². The van der Waals surface area contributed by atoms with Crippen molar-refractivity contribution in [1.82, 2.24) is 5.32 Å². The molecule has 2 aromatic carbocycles. The molecule has 0 heterocycles. The van der Waals surface area contributed by atoms with Gasteiger partial charge in [-0.3, -0.25) is 4.79 Å². The van der Waals surface area contributed by atoms with Crippen molar-refractivity contribution in [2.75, 3.05) is 11.9 Å². The van der Waals surface area contributed by atoms with E-state index in [9.17, 15) is 18.0 Å². The van der Waals surface area contributed by atoms with Crippen LogP contribution in [-0.4, -0.2) is 12.5 Å². The third kappa shape index (κ3) is 4.56. The van der Waals surface area contributed by atoms with E-state index in [1.54, 1.807) is 19.9 Å². The molecule has 2 N–H and O–H groups in total. The van der Waals surface area contributed by atoms with Gasteiger partial charge in [0.25, 0.3) is 0 Å². The molecule has 0 saturated carbocycles. The maximum atomic E-state index is 13.6. The lowest BCUT2D eigenvalue weighted by Crippen LogP contribution is -2.30. The van der Waals surface area contributed by atoms with Crippen molar-refractivity contribution in [3.8, 4) is 0 Å². The summed E-state index contributed by atoms with van der Waals surface area (Å²) in [4.78, 5) is 11.8. The number of halogens is 3. The van der Waals surface area contributed by atoms with Crippen LogP contribution in [0.2, 0.25) is 0 Å². The molecule has 2 rings (SSSR count). The highest BCUT2D eigenvalue weighted by Crippen LogP contribution is 2.18. The number of hydrogen-bond donors (Lipinski definition) is 2. The lowest BCUT2D eigenvalue weighted by Gasteiger charge is -2.15. The molecule has 122 valence electrons. The molecule has 6 heteroatoms. The highest BCUT2D eigenvalue weighted by atomic mass is 19.1. The minimum absolute atomic E-state index is 0.0861. The van der Waals surface area contributed by atoms with Crippen LogP contribution in [0.1, 0.15) is 24.1 Å². The molecule has 0 saturated heterocycles. The first-order valence-corrected chi connectivity index (χ1v) is 7.11. The third-order valence-corrected chi connectivity index (χ3v) is 3.40. The van der Waals surface area contributed by atoms with Gasteiger partial charge in [-0.05, 0) is 37.6 Å². The van der Waals surface area contributed by atoms with Gasteiger partial charge in [0.15, 0.2) is 0 Å². The standard InChI is InChI=1S/C17H17F3N2O/c1-10-3-6-16(15(20)7-10)22-17(23)9-21-11(2)13-5-4-12(18)8-14(13)19/h3-8,11,21H,9H2,1-2H3,(H,22,23)/t11-/m0/s1. The van der Waals surface area contributed by atoms with Crippen LogP contribution in [0.25, 0.3) is 0 Å². The second-order valence-corrected chi connectivity index (χ2v) is 5.30. The minimum atomic E-state index is -0.685. The highest BCUT2D eigenvalue weighted by molar-refractivity contribution is 5.92. The van der Waals surface area contributed by atoms with Gasteiger partial charge < -0.3 is 10.6 Å². The Kier molecular flexibility index (Phi) is 5.39. The van der Waals surface area contributed by atoms with Crippen molar-refractivity contribution in [2.24, 2.45) is 0 Å². The Morgan fingerprint density at radius 2 is 1.83 bits per heavy atom. The Labute approximate surface area is 132 Å². The molecule has 1 amide bonds. The number of carbonyl (C=O) groups is 1. The molecular weight excluding hydrogens is 305 g/mol. The summed E-state index contributed by atoms with van der Waals surface area (Å²) in [6.45, 7) is 3.26. The number of anilines is 1. The van der Waals surface area contributed by atoms with Crippen LogP contribution in [0.4, 0.5) is 18.9 Å². The van der Waals surface area contributed by atoms with Gasteiger partial charge in [0, 0.05) is 17.7 Å². The summed E-state index contributed by atoms with van der Waals surface area (Å²) in [6.07, 6.45) is 0. The Hall–Kier alpha value is -2.34. The molecule has 3 nitrogen and oxygen atoms in total. The van der Waals surface area contributed by atoms with Crippen LogP contribution in [0.3, 0.4) is 0 Å². The van der Waals surface area contributed by atoms with Crippen LogP contribution in [-0.2, 0) is 4.79 Å². The molecule has 0 aliphatic carbocycles. The van der Waals surface area contributed by atoms with E-state index in [0.717, 1.165) is 17.7 Å². The summed E-state index contributed by atoms with van der Waals surface area (Å²) in [6, 6.07) is 7.24. The smallest absolute Gasteiger partial charge is 0.238 e. The van der Waals surface area contributed by atoms with Crippen LogP contribution < -0.4 is 10.6 Å². The van der Waals surface area contributed by atoms with Crippen LogP contribution in [0, 0.1) is 24.4 Å². The average Bonchev–Trinajstić information content (AvgIpc) is 2.48. The summed E-state index contributed by atoms with van der Waals surface area (Å²) < 4.78 is 40.2. The third-order valence-electron chi connectivity index (χ3n) is 3.40. The first-order chi connectivity index (χ1) is 10.9. The maximum Gasteiger partial charge on any atom is 0.238 e. The van der Waals surface area contributed by atoms with Crippen LogP contribution >= 0.6 is 0 Å². The molecule has 0 spiro atoms. The summed E-state index contributed by atoms with van der Waals surface area (Å²) in [5.41, 5.74) is 1.09. The van der Waals surface area contributed by atoms with E-state index < -0.39 is 29.4 Å². The molecule has 1 atom stereocenters. The zero-order valence-corrected chi connectivity index (χ0v) is 12.8. The van der Waals surface area contributed by atoms with Gasteiger partial charge in [-0.25, -0.2) is 13.2 Å². The number of amides is 1. The predicted molar refractivity (Wildman–Crippen MR) is 82.5 cm³/mol. The average molecular weight is 322 g/mol. The Morgan fingerprint density at radius 3 is 2.48 bits per heavy atom. The van der Waals surface area contributed by atoms with Crippen molar-refractivity contribution in [3.63, 3.8) is 0 Å². The van der Waals surface area contributed by atoms with Gasteiger partial charge >= 0.3 is 0 Å². The number of aryl methyl sites for hydroxylation is 1. The van der Waals surface area contributed by atoms with Crippen molar-refractivity contribution >= 4 is 11.6 Å². The molecule has 0 aromatic heterocycles. The lowest BCUT2D eigenvalue weighted by atomic mass is 10.1. The number of carbonyl (C=O) groups excluding carboxylic acids is 1.